The van der Waals surface area contributed by atoms with Gasteiger partial charge in [-0.15, -0.1) is 0 Å². The molecule has 2 heterocycles. The molecule has 2 rings (SSSR count). The second kappa shape index (κ2) is 6.95. The minimum atomic E-state index is 0.0180. The van der Waals surface area contributed by atoms with Crippen LogP contribution in [0.4, 0.5) is 0 Å². The Bertz CT molecular complexity index is 514. The van der Waals surface area contributed by atoms with Crippen molar-refractivity contribution in [3.8, 4) is 0 Å². The molecule has 0 aliphatic heterocycles. The Balaban J connectivity index is 1.99. The van der Waals surface area contributed by atoms with Gasteiger partial charge in [0, 0.05) is 19.2 Å². The lowest BCUT2D eigenvalue weighted by atomic mass is 10.2. The predicted octanol–water partition coefficient (Wildman–Crippen LogP) is 3.79. The van der Waals surface area contributed by atoms with Gasteiger partial charge < -0.3 is 9.32 Å². The zero-order valence-electron chi connectivity index (χ0n) is 10.9. The Labute approximate surface area is 117 Å². The van der Waals surface area contributed by atoms with Crippen LogP contribution in [-0.2, 0) is 11.3 Å². The van der Waals surface area contributed by atoms with E-state index in [1.54, 1.807) is 35.8 Å². The van der Waals surface area contributed by atoms with Crippen molar-refractivity contribution in [2.75, 3.05) is 6.54 Å². The van der Waals surface area contributed by atoms with Crippen LogP contribution >= 0.6 is 11.3 Å². The summed E-state index contributed by atoms with van der Waals surface area (Å²) in [5, 5.41) is 4.11. The molecule has 1 amide bonds. The summed E-state index contributed by atoms with van der Waals surface area (Å²) in [6, 6.07) is 5.68. The fourth-order valence-corrected chi connectivity index (χ4v) is 2.44. The van der Waals surface area contributed by atoms with E-state index in [1.165, 1.54) is 5.56 Å². The molecule has 100 valence electrons. The van der Waals surface area contributed by atoms with E-state index >= 15 is 0 Å². The quantitative estimate of drug-likeness (QED) is 0.751. The fraction of sp³-hybridized carbons (Fsp3) is 0.267. The zero-order valence-corrected chi connectivity index (χ0v) is 11.7. The van der Waals surface area contributed by atoms with Gasteiger partial charge in [-0.25, -0.2) is 0 Å². The zero-order chi connectivity index (χ0) is 13.5. The van der Waals surface area contributed by atoms with Crippen LogP contribution in [0.1, 0.15) is 24.7 Å². The Morgan fingerprint density at radius 3 is 3.00 bits per heavy atom. The molecule has 0 N–H and O–H groups in total. The standard InChI is InChI=1S/C15H17NO2S/c1-2-8-16(11-13-7-10-19-12-13)15(17)6-5-14-4-3-9-18-14/h3-7,9-10,12H,2,8,11H2,1H3/b6-5+. The Hall–Kier alpha value is -1.81. The SMILES string of the molecule is CCCN(Cc1ccsc1)C(=O)/C=C/c1ccco1. The van der Waals surface area contributed by atoms with Crippen LogP contribution in [0.15, 0.2) is 45.7 Å². The van der Waals surface area contributed by atoms with Gasteiger partial charge in [0.05, 0.1) is 6.26 Å². The third-order valence-corrected chi connectivity index (χ3v) is 3.42. The third kappa shape index (κ3) is 4.10. The summed E-state index contributed by atoms with van der Waals surface area (Å²) < 4.78 is 5.17. The van der Waals surface area contributed by atoms with E-state index < -0.39 is 0 Å². The fourth-order valence-electron chi connectivity index (χ4n) is 1.79. The molecule has 19 heavy (non-hydrogen) atoms. The van der Waals surface area contributed by atoms with Crippen molar-refractivity contribution in [1.29, 1.82) is 0 Å². The summed E-state index contributed by atoms with van der Waals surface area (Å²) >= 11 is 1.65. The van der Waals surface area contributed by atoms with E-state index in [-0.39, 0.29) is 5.91 Å². The van der Waals surface area contributed by atoms with E-state index in [0.717, 1.165) is 13.0 Å². The molecule has 0 saturated heterocycles. The normalized spacial score (nSPS) is 11.0. The number of hydrogen-bond donors (Lipinski definition) is 0. The van der Waals surface area contributed by atoms with E-state index in [4.69, 9.17) is 4.42 Å². The number of rotatable bonds is 6. The van der Waals surface area contributed by atoms with E-state index in [2.05, 4.69) is 18.4 Å². The summed E-state index contributed by atoms with van der Waals surface area (Å²) in [5.41, 5.74) is 1.18. The number of nitrogens with zero attached hydrogens (tertiary/aromatic N) is 1. The summed E-state index contributed by atoms with van der Waals surface area (Å²) in [7, 11) is 0. The summed E-state index contributed by atoms with van der Waals surface area (Å²) in [5.74, 6) is 0.713. The van der Waals surface area contributed by atoms with Crippen LogP contribution in [0.25, 0.3) is 6.08 Å². The summed E-state index contributed by atoms with van der Waals surface area (Å²) in [6.45, 7) is 3.50. The molecule has 0 atom stereocenters. The first kappa shape index (κ1) is 13.6. The lowest BCUT2D eigenvalue weighted by Crippen LogP contribution is -2.29. The van der Waals surface area contributed by atoms with Crippen LogP contribution < -0.4 is 0 Å². The van der Waals surface area contributed by atoms with Gasteiger partial charge in [0.15, 0.2) is 0 Å². The Morgan fingerprint density at radius 2 is 2.37 bits per heavy atom. The highest BCUT2D eigenvalue weighted by Crippen LogP contribution is 2.11. The number of hydrogen-bond acceptors (Lipinski definition) is 3. The molecular formula is C15H17NO2S. The number of furan rings is 1. The van der Waals surface area contributed by atoms with Gasteiger partial charge in [-0.3, -0.25) is 4.79 Å². The van der Waals surface area contributed by atoms with Crippen molar-refractivity contribution in [3.05, 3.63) is 52.6 Å². The molecule has 0 aliphatic rings. The average Bonchev–Trinajstić information content (AvgIpc) is 3.08. The predicted molar refractivity (Wildman–Crippen MR) is 77.8 cm³/mol. The molecule has 0 saturated carbocycles. The van der Waals surface area contributed by atoms with Crippen molar-refractivity contribution in [1.82, 2.24) is 4.90 Å². The van der Waals surface area contributed by atoms with Gasteiger partial charge in [-0.05, 0) is 47.0 Å². The maximum absolute atomic E-state index is 12.2. The first-order valence-corrected chi connectivity index (χ1v) is 7.25. The molecular weight excluding hydrogens is 258 g/mol. The highest BCUT2D eigenvalue weighted by Gasteiger charge is 2.10. The number of amides is 1. The van der Waals surface area contributed by atoms with Crippen LogP contribution in [0, 0.1) is 0 Å². The highest BCUT2D eigenvalue weighted by molar-refractivity contribution is 7.07. The van der Waals surface area contributed by atoms with Crippen molar-refractivity contribution >= 4 is 23.3 Å². The van der Waals surface area contributed by atoms with Gasteiger partial charge >= 0.3 is 0 Å². The molecule has 0 aliphatic carbocycles. The summed E-state index contributed by atoms with van der Waals surface area (Å²) in [6.07, 6.45) is 5.82. The Kier molecular flexibility index (Phi) is 4.98. The van der Waals surface area contributed by atoms with Crippen molar-refractivity contribution in [2.24, 2.45) is 0 Å². The van der Waals surface area contributed by atoms with Crippen molar-refractivity contribution < 1.29 is 9.21 Å². The average molecular weight is 275 g/mol. The second-order valence-corrected chi connectivity index (χ2v) is 5.02. The van der Waals surface area contributed by atoms with Crippen LogP contribution in [0.5, 0.6) is 0 Å². The monoisotopic (exact) mass is 275 g/mol. The lowest BCUT2D eigenvalue weighted by Gasteiger charge is -2.19. The molecule has 3 nitrogen and oxygen atoms in total. The highest BCUT2D eigenvalue weighted by atomic mass is 32.1. The minimum absolute atomic E-state index is 0.0180. The minimum Gasteiger partial charge on any atom is -0.465 e. The maximum atomic E-state index is 12.2. The van der Waals surface area contributed by atoms with Gasteiger partial charge in [0.2, 0.25) is 5.91 Å². The van der Waals surface area contributed by atoms with Gasteiger partial charge in [0.1, 0.15) is 5.76 Å². The Morgan fingerprint density at radius 1 is 1.47 bits per heavy atom. The number of thiophene rings is 1. The molecule has 0 fully saturated rings. The van der Waals surface area contributed by atoms with Crippen molar-refractivity contribution in [2.45, 2.75) is 19.9 Å². The van der Waals surface area contributed by atoms with Crippen LogP contribution in [-0.4, -0.2) is 17.4 Å². The van der Waals surface area contributed by atoms with E-state index in [9.17, 15) is 4.79 Å². The molecule has 0 spiro atoms. The topological polar surface area (TPSA) is 33.5 Å². The lowest BCUT2D eigenvalue weighted by molar-refractivity contribution is -0.126. The van der Waals surface area contributed by atoms with Crippen LogP contribution in [0.2, 0.25) is 0 Å². The molecule has 0 radical (unpaired) electrons. The molecule has 0 unspecified atom stereocenters. The second-order valence-electron chi connectivity index (χ2n) is 4.24. The first-order chi connectivity index (χ1) is 9.29. The molecule has 0 bridgehead atoms. The maximum Gasteiger partial charge on any atom is 0.246 e. The third-order valence-electron chi connectivity index (χ3n) is 2.69. The smallest absolute Gasteiger partial charge is 0.246 e. The summed E-state index contributed by atoms with van der Waals surface area (Å²) in [4.78, 5) is 14.0. The van der Waals surface area contributed by atoms with Crippen LogP contribution in [0.3, 0.4) is 0 Å². The van der Waals surface area contributed by atoms with Gasteiger partial charge in [0.25, 0.3) is 0 Å². The number of carbonyl (C=O) groups is 1. The molecule has 0 aromatic carbocycles. The molecule has 2 aromatic heterocycles. The molecule has 2 aromatic rings. The largest absolute Gasteiger partial charge is 0.465 e. The van der Waals surface area contributed by atoms with E-state index in [0.29, 0.717) is 12.3 Å². The van der Waals surface area contributed by atoms with Crippen molar-refractivity contribution in [3.63, 3.8) is 0 Å². The van der Waals surface area contributed by atoms with E-state index in [1.807, 2.05) is 16.3 Å². The van der Waals surface area contributed by atoms with Gasteiger partial charge in [-0.1, -0.05) is 6.92 Å². The first-order valence-electron chi connectivity index (χ1n) is 6.31. The number of carbonyl (C=O) groups excluding carboxylic acids is 1. The molecule has 4 heteroatoms. The van der Waals surface area contributed by atoms with Gasteiger partial charge in [-0.2, -0.15) is 11.3 Å².